The Morgan fingerprint density at radius 3 is 2.59 bits per heavy atom. The van der Waals surface area contributed by atoms with Gasteiger partial charge < -0.3 is 15.5 Å². The largest absolute Gasteiger partial charge is 0.372 e. The van der Waals surface area contributed by atoms with E-state index < -0.39 is 0 Å². The van der Waals surface area contributed by atoms with Gasteiger partial charge in [-0.25, -0.2) is 0 Å². The molecule has 0 fully saturated rings. The molecule has 22 heavy (non-hydrogen) atoms. The van der Waals surface area contributed by atoms with Crippen molar-refractivity contribution in [3.05, 3.63) is 71.4 Å². The van der Waals surface area contributed by atoms with E-state index in [1.54, 1.807) is 0 Å². The van der Waals surface area contributed by atoms with Crippen molar-refractivity contribution in [1.82, 2.24) is 5.32 Å². The molecule has 4 heteroatoms. The number of rotatable bonds is 1. The van der Waals surface area contributed by atoms with Gasteiger partial charge in [-0.15, -0.1) is 0 Å². The Balaban J connectivity index is 1.92. The highest BCUT2D eigenvalue weighted by atomic mass is 16.2. The Hall–Kier alpha value is -2.75. The highest BCUT2D eigenvalue weighted by molar-refractivity contribution is 6.01. The van der Waals surface area contributed by atoms with Crippen LogP contribution in [-0.4, -0.2) is 19.5 Å². The molecule has 2 aliphatic rings. The normalized spacial score (nSPS) is 20.0. The Morgan fingerprint density at radius 2 is 1.77 bits per heavy atom. The van der Waals surface area contributed by atoms with Crippen LogP contribution in [0.2, 0.25) is 0 Å². The average molecular weight is 291 g/mol. The van der Waals surface area contributed by atoms with E-state index in [2.05, 4.69) is 39.8 Å². The predicted octanol–water partition coefficient (Wildman–Crippen LogP) is 2.67. The molecular formula is C18H17N3O. The van der Waals surface area contributed by atoms with E-state index in [0.29, 0.717) is 6.54 Å². The zero-order valence-electron chi connectivity index (χ0n) is 12.3. The first-order valence-corrected chi connectivity index (χ1v) is 7.41. The molecular weight excluding hydrogens is 274 g/mol. The number of para-hydroxylation sites is 2. The van der Waals surface area contributed by atoms with Crippen LogP contribution in [0.3, 0.4) is 0 Å². The second kappa shape index (κ2) is 4.91. The van der Waals surface area contributed by atoms with E-state index in [4.69, 9.17) is 0 Å². The lowest BCUT2D eigenvalue weighted by Crippen LogP contribution is -2.24. The number of nitrogens with one attached hydrogen (secondary N) is 2. The van der Waals surface area contributed by atoms with Crippen molar-refractivity contribution >= 4 is 17.3 Å². The number of hydrogen-bond donors (Lipinski definition) is 2. The third kappa shape index (κ3) is 1.88. The number of nitrogens with zero attached hydrogens (tertiary/aromatic N) is 1. The highest BCUT2D eigenvalue weighted by Gasteiger charge is 2.35. The maximum Gasteiger partial charge on any atom is 0.251 e. The summed E-state index contributed by atoms with van der Waals surface area (Å²) in [6.45, 7) is 0.573. The van der Waals surface area contributed by atoms with Crippen molar-refractivity contribution < 1.29 is 4.79 Å². The molecule has 0 aromatic heterocycles. The van der Waals surface area contributed by atoms with Crippen LogP contribution in [0.15, 0.2) is 65.9 Å². The Bertz CT molecular complexity index is 767. The van der Waals surface area contributed by atoms with Crippen LogP contribution in [0.25, 0.3) is 0 Å². The number of fused-ring (bicyclic) bond motifs is 1. The molecule has 0 bridgehead atoms. The van der Waals surface area contributed by atoms with Crippen LogP contribution in [-0.2, 0) is 4.79 Å². The number of anilines is 2. The summed E-state index contributed by atoms with van der Waals surface area (Å²) < 4.78 is 0. The first-order valence-electron chi connectivity index (χ1n) is 7.41. The number of amides is 1. The fourth-order valence-electron chi connectivity index (χ4n) is 3.24. The van der Waals surface area contributed by atoms with Gasteiger partial charge in [0.2, 0.25) is 0 Å². The fraction of sp³-hybridized carbons (Fsp3) is 0.167. The maximum absolute atomic E-state index is 12.4. The topological polar surface area (TPSA) is 44.4 Å². The molecule has 2 heterocycles. The molecule has 4 rings (SSSR count). The van der Waals surface area contributed by atoms with Crippen molar-refractivity contribution in [2.24, 2.45) is 0 Å². The lowest BCUT2D eigenvalue weighted by Gasteiger charge is -2.21. The van der Waals surface area contributed by atoms with Crippen LogP contribution in [0, 0.1) is 0 Å². The van der Waals surface area contributed by atoms with Crippen molar-refractivity contribution in [1.29, 1.82) is 0 Å². The van der Waals surface area contributed by atoms with Gasteiger partial charge in [-0.3, -0.25) is 4.79 Å². The van der Waals surface area contributed by atoms with Gasteiger partial charge in [0.1, 0.15) is 0 Å². The summed E-state index contributed by atoms with van der Waals surface area (Å²) in [4.78, 5) is 14.5. The van der Waals surface area contributed by atoms with Gasteiger partial charge in [0.25, 0.3) is 5.91 Å². The van der Waals surface area contributed by atoms with Gasteiger partial charge in [0.15, 0.2) is 0 Å². The van der Waals surface area contributed by atoms with Gasteiger partial charge >= 0.3 is 0 Å². The smallest absolute Gasteiger partial charge is 0.251 e. The minimum Gasteiger partial charge on any atom is -0.372 e. The van der Waals surface area contributed by atoms with Crippen LogP contribution < -0.4 is 15.5 Å². The van der Waals surface area contributed by atoms with Gasteiger partial charge in [-0.2, -0.15) is 0 Å². The summed E-state index contributed by atoms with van der Waals surface area (Å²) in [6.07, 6.45) is 0. The molecule has 0 saturated heterocycles. The van der Waals surface area contributed by atoms with Crippen molar-refractivity contribution in [3.8, 4) is 0 Å². The molecule has 4 nitrogen and oxygen atoms in total. The minimum absolute atomic E-state index is 0.0102. The monoisotopic (exact) mass is 291 g/mol. The van der Waals surface area contributed by atoms with Crippen LogP contribution >= 0.6 is 0 Å². The van der Waals surface area contributed by atoms with E-state index in [-0.39, 0.29) is 11.9 Å². The van der Waals surface area contributed by atoms with Gasteiger partial charge in [-0.1, -0.05) is 42.5 Å². The number of benzene rings is 2. The quantitative estimate of drug-likeness (QED) is 0.849. The van der Waals surface area contributed by atoms with Crippen molar-refractivity contribution in [2.45, 2.75) is 6.04 Å². The molecule has 110 valence electrons. The molecule has 1 unspecified atom stereocenters. The summed E-state index contributed by atoms with van der Waals surface area (Å²) in [5.74, 6) is 0.0102. The Morgan fingerprint density at radius 1 is 1.05 bits per heavy atom. The van der Waals surface area contributed by atoms with Crippen LogP contribution in [0.5, 0.6) is 0 Å². The SMILES string of the molecule is CN1C2=C(C(=O)NC2)C(c2ccccc2)Nc2ccccc21. The number of likely N-dealkylation sites (N-methyl/N-ethyl adjacent to an activating group) is 1. The van der Waals surface area contributed by atoms with E-state index in [9.17, 15) is 4.79 Å². The first-order chi connectivity index (χ1) is 10.8. The predicted molar refractivity (Wildman–Crippen MR) is 87.7 cm³/mol. The molecule has 1 amide bonds. The lowest BCUT2D eigenvalue weighted by atomic mass is 9.97. The summed E-state index contributed by atoms with van der Waals surface area (Å²) in [7, 11) is 2.02. The van der Waals surface area contributed by atoms with Gasteiger partial charge in [0, 0.05) is 12.7 Å². The summed E-state index contributed by atoms with van der Waals surface area (Å²) in [5, 5.41) is 6.50. The molecule has 0 radical (unpaired) electrons. The third-order valence-corrected chi connectivity index (χ3v) is 4.36. The number of carbonyl (C=O) groups excluding carboxylic acids is 1. The van der Waals surface area contributed by atoms with Gasteiger partial charge in [-0.05, 0) is 17.7 Å². The average Bonchev–Trinajstić information content (AvgIpc) is 2.88. The second-order valence-electron chi connectivity index (χ2n) is 5.61. The number of carbonyl (C=O) groups is 1. The molecule has 0 saturated carbocycles. The van der Waals surface area contributed by atoms with Gasteiger partial charge in [0.05, 0.1) is 29.5 Å². The Labute approximate surface area is 129 Å². The summed E-state index contributed by atoms with van der Waals surface area (Å²) >= 11 is 0. The third-order valence-electron chi connectivity index (χ3n) is 4.36. The van der Waals surface area contributed by atoms with Crippen molar-refractivity contribution in [2.75, 3.05) is 23.8 Å². The first kappa shape index (κ1) is 13.0. The standard InChI is InChI=1S/C18H17N3O/c1-21-14-10-6-5-9-13(14)20-17(12-7-3-2-4-8-12)16-15(21)11-19-18(16)22/h2-10,17,20H,11H2,1H3,(H,19,22). The molecule has 1 atom stereocenters. The zero-order valence-corrected chi connectivity index (χ0v) is 12.3. The maximum atomic E-state index is 12.4. The molecule has 2 N–H and O–H groups in total. The molecule has 0 aliphatic carbocycles. The molecule has 2 aromatic carbocycles. The Kier molecular flexibility index (Phi) is 2.89. The molecule has 2 aliphatic heterocycles. The second-order valence-corrected chi connectivity index (χ2v) is 5.61. The van der Waals surface area contributed by atoms with Crippen LogP contribution in [0.4, 0.5) is 11.4 Å². The number of hydrogen-bond acceptors (Lipinski definition) is 3. The van der Waals surface area contributed by atoms with E-state index in [1.807, 2.05) is 37.4 Å². The fourth-order valence-corrected chi connectivity index (χ4v) is 3.24. The highest BCUT2D eigenvalue weighted by Crippen LogP contribution is 2.40. The molecule has 2 aromatic rings. The van der Waals surface area contributed by atoms with E-state index >= 15 is 0 Å². The van der Waals surface area contributed by atoms with E-state index in [0.717, 1.165) is 28.2 Å². The molecule has 0 spiro atoms. The lowest BCUT2D eigenvalue weighted by molar-refractivity contribution is -0.116. The van der Waals surface area contributed by atoms with Crippen molar-refractivity contribution in [3.63, 3.8) is 0 Å². The minimum atomic E-state index is -0.134. The van der Waals surface area contributed by atoms with Crippen LogP contribution in [0.1, 0.15) is 11.6 Å². The summed E-state index contributed by atoms with van der Waals surface area (Å²) in [6, 6.07) is 18.1. The summed E-state index contributed by atoms with van der Waals surface area (Å²) in [5.41, 5.74) is 5.07. The zero-order chi connectivity index (χ0) is 15.1. The van der Waals surface area contributed by atoms with E-state index in [1.165, 1.54) is 0 Å².